The molecular weight excluding hydrogens is 242 g/mol. The monoisotopic (exact) mass is 257 g/mol. The van der Waals surface area contributed by atoms with E-state index in [0.717, 1.165) is 11.1 Å². The third-order valence-electron chi connectivity index (χ3n) is 2.94. The Balaban J connectivity index is 1.99. The Morgan fingerprint density at radius 1 is 1.32 bits per heavy atom. The van der Waals surface area contributed by atoms with Crippen molar-refractivity contribution in [1.82, 2.24) is 10.3 Å². The van der Waals surface area contributed by atoms with Crippen molar-refractivity contribution in [3.8, 4) is 0 Å². The minimum Gasteiger partial charge on any atom is -0.306 e. The summed E-state index contributed by atoms with van der Waals surface area (Å²) in [5, 5.41) is 14.0. The molecule has 0 unspecified atom stereocenters. The van der Waals surface area contributed by atoms with Gasteiger partial charge in [-0.2, -0.15) is 0 Å². The molecule has 0 aliphatic carbocycles. The maximum absolute atomic E-state index is 10.7. The highest BCUT2D eigenvalue weighted by molar-refractivity contribution is 5.34. The molecule has 0 fully saturated rings. The molecule has 1 atom stereocenters. The normalized spacial score (nSPS) is 12.1. The Bertz CT molecular complexity index is 558. The molecule has 0 radical (unpaired) electrons. The zero-order valence-corrected chi connectivity index (χ0v) is 10.6. The van der Waals surface area contributed by atoms with Gasteiger partial charge in [-0.05, 0) is 30.2 Å². The summed E-state index contributed by atoms with van der Waals surface area (Å²) in [6, 6.07) is 10.7. The van der Waals surface area contributed by atoms with Crippen LogP contribution in [-0.2, 0) is 6.54 Å². The number of nitrogens with zero attached hydrogens (tertiary/aromatic N) is 2. The van der Waals surface area contributed by atoms with E-state index < -0.39 is 0 Å². The maximum atomic E-state index is 10.7. The van der Waals surface area contributed by atoms with Gasteiger partial charge in [-0.25, -0.2) is 0 Å². The van der Waals surface area contributed by atoms with Crippen LogP contribution in [0.1, 0.15) is 24.1 Å². The smallest absolute Gasteiger partial charge is 0.269 e. The van der Waals surface area contributed by atoms with Gasteiger partial charge in [0.1, 0.15) is 0 Å². The summed E-state index contributed by atoms with van der Waals surface area (Å²) >= 11 is 0. The molecule has 0 amide bonds. The summed E-state index contributed by atoms with van der Waals surface area (Å²) in [7, 11) is 0. The molecule has 0 spiro atoms. The lowest BCUT2D eigenvalue weighted by Crippen LogP contribution is -2.18. The van der Waals surface area contributed by atoms with Gasteiger partial charge in [0, 0.05) is 37.1 Å². The van der Waals surface area contributed by atoms with E-state index in [1.807, 2.05) is 25.1 Å². The molecule has 0 bridgehead atoms. The average Bonchev–Trinajstić information content (AvgIpc) is 2.46. The lowest BCUT2D eigenvalue weighted by atomic mass is 10.1. The van der Waals surface area contributed by atoms with Crippen LogP contribution in [0.2, 0.25) is 0 Å². The molecule has 2 aromatic rings. The second-order valence-electron chi connectivity index (χ2n) is 4.31. The number of non-ortho nitro benzene ring substituents is 1. The topological polar surface area (TPSA) is 68.1 Å². The van der Waals surface area contributed by atoms with Crippen LogP contribution < -0.4 is 5.32 Å². The van der Waals surface area contributed by atoms with Crippen LogP contribution in [0, 0.1) is 10.1 Å². The van der Waals surface area contributed by atoms with Crippen LogP contribution in [0.5, 0.6) is 0 Å². The predicted octanol–water partition coefficient (Wildman–Crippen LogP) is 2.84. The minimum atomic E-state index is -0.379. The lowest BCUT2D eigenvalue weighted by molar-refractivity contribution is -0.384. The lowest BCUT2D eigenvalue weighted by Gasteiger charge is -2.13. The molecular formula is C14H15N3O2. The van der Waals surface area contributed by atoms with Crippen LogP contribution >= 0.6 is 0 Å². The summed E-state index contributed by atoms with van der Waals surface area (Å²) < 4.78 is 0. The first-order chi connectivity index (χ1) is 9.16. The van der Waals surface area contributed by atoms with Gasteiger partial charge in [-0.3, -0.25) is 15.1 Å². The Hall–Kier alpha value is -2.27. The van der Waals surface area contributed by atoms with E-state index >= 15 is 0 Å². The highest BCUT2D eigenvalue weighted by atomic mass is 16.6. The number of hydrogen-bond donors (Lipinski definition) is 1. The van der Waals surface area contributed by atoms with Gasteiger partial charge in [-0.15, -0.1) is 0 Å². The number of pyridine rings is 1. The fraction of sp³-hybridized carbons (Fsp3) is 0.214. The van der Waals surface area contributed by atoms with E-state index in [1.165, 1.54) is 6.07 Å². The number of nitro groups is 1. The molecule has 0 aliphatic rings. The molecule has 1 heterocycles. The molecule has 19 heavy (non-hydrogen) atoms. The second kappa shape index (κ2) is 6.06. The van der Waals surface area contributed by atoms with Gasteiger partial charge in [0.25, 0.3) is 5.69 Å². The maximum Gasteiger partial charge on any atom is 0.269 e. The highest BCUT2D eigenvalue weighted by Crippen LogP contribution is 2.15. The van der Waals surface area contributed by atoms with Crippen LogP contribution in [0.25, 0.3) is 0 Å². The van der Waals surface area contributed by atoms with Crippen LogP contribution in [0.15, 0.2) is 48.8 Å². The zero-order valence-electron chi connectivity index (χ0n) is 10.6. The van der Waals surface area contributed by atoms with Crippen molar-refractivity contribution in [2.75, 3.05) is 0 Å². The Morgan fingerprint density at radius 2 is 2.05 bits per heavy atom. The molecule has 5 nitrogen and oxygen atoms in total. The number of nitro benzene ring substituents is 1. The summed E-state index contributed by atoms with van der Waals surface area (Å²) in [6.07, 6.45) is 3.50. The average molecular weight is 257 g/mol. The summed E-state index contributed by atoms with van der Waals surface area (Å²) in [6.45, 7) is 2.64. The Labute approximate surface area is 111 Å². The van der Waals surface area contributed by atoms with Crippen LogP contribution in [-0.4, -0.2) is 9.91 Å². The molecule has 1 aromatic heterocycles. The van der Waals surface area contributed by atoms with Crippen molar-refractivity contribution in [3.63, 3.8) is 0 Å². The number of hydrogen-bond acceptors (Lipinski definition) is 4. The number of nitrogens with one attached hydrogen (secondary N) is 1. The fourth-order valence-corrected chi connectivity index (χ4v) is 1.82. The largest absolute Gasteiger partial charge is 0.306 e. The van der Waals surface area contributed by atoms with Crippen molar-refractivity contribution in [2.24, 2.45) is 0 Å². The third-order valence-corrected chi connectivity index (χ3v) is 2.94. The molecule has 0 saturated carbocycles. The molecule has 0 saturated heterocycles. The van der Waals surface area contributed by atoms with E-state index in [4.69, 9.17) is 0 Å². The zero-order chi connectivity index (χ0) is 13.7. The SMILES string of the molecule is C[C@H](NCc1cccc([N+](=O)[O-])c1)c1ccncc1. The molecule has 2 rings (SSSR count). The van der Waals surface area contributed by atoms with Crippen molar-refractivity contribution in [2.45, 2.75) is 19.5 Å². The second-order valence-corrected chi connectivity index (χ2v) is 4.31. The summed E-state index contributed by atoms with van der Waals surface area (Å²) in [5.41, 5.74) is 2.16. The van der Waals surface area contributed by atoms with Gasteiger partial charge in [-0.1, -0.05) is 12.1 Å². The number of aromatic nitrogens is 1. The predicted molar refractivity (Wildman–Crippen MR) is 72.6 cm³/mol. The van der Waals surface area contributed by atoms with Gasteiger partial charge in [0.05, 0.1) is 4.92 Å². The standard InChI is InChI=1S/C14H15N3O2/c1-11(13-5-7-15-8-6-13)16-10-12-3-2-4-14(9-12)17(18)19/h2-9,11,16H,10H2,1H3/t11-/m0/s1. The van der Waals surface area contributed by atoms with E-state index in [9.17, 15) is 10.1 Å². The number of rotatable bonds is 5. The Morgan fingerprint density at radius 3 is 2.74 bits per heavy atom. The van der Waals surface area contributed by atoms with Gasteiger partial charge in [0.2, 0.25) is 0 Å². The molecule has 5 heteroatoms. The van der Waals surface area contributed by atoms with E-state index in [2.05, 4.69) is 10.3 Å². The first kappa shape index (κ1) is 13.2. The molecule has 1 N–H and O–H groups in total. The summed E-state index contributed by atoms with van der Waals surface area (Å²) in [5.74, 6) is 0. The van der Waals surface area contributed by atoms with Gasteiger partial charge in [0.15, 0.2) is 0 Å². The number of benzene rings is 1. The first-order valence-electron chi connectivity index (χ1n) is 6.03. The molecule has 0 aliphatic heterocycles. The van der Waals surface area contributed by atoms with E-state index in [0.29, 0.717) is 6.54 Å². The van der Waals surface area contributed by atoms with Crippen molar-refractivity contribution in [3.05, 3.63) is 70.0 Å². The molecule has 98 valence electrons. The van der Waals surface area contributed by atoms with Crippen LogP contribution in [0.3, 0.4) is 0 Å². The van der Waals surface area contributed by atoms with E-state index in [-0.39, 0.29) is 16.7 Å². The van der Waals surface area contributed by atoms with E-state index in [1.54, 1.807) is 24.5 Å². The fourth-order valence-electron chi connectivity index (χ4n) is 1.82. The van der Waals surface area contributed by atoms with Crippen molar-refractivity contribution >= 4 is 5.69 Å². The summed E-state index contributed by atoms with van der Waals surface area (Å²) in [4.78, 5) is 14.3. The Kier molecular flexibility index (Phi) is 4.20. The van der Waals surface area contributed by atoms with Gasteiger partial charge >= 0.3 is 0 Å². The highest BCUT2D eigenvalue weighted by Gasteiger charge is 2.07. The van der Waals surface area contributed by atoms with Crippen molar-refractivity contribution < 1.29 is 4.92 Å². The van der Waals surface area contributed by atoms with Gasteiger partial charge < -0.3 is 5.32 Å². The van der Waals surface area contributed by atoms with Crippen molar-refractivity contribution in [1.29, 1.82) is 0 Å². The third kappa shape index (κ3) is 3.59. The molecule has 1 aromatic carbocycles. The minimum absolute atomic E-state index is 0.121. The van der Waals surface area contributed by atoms with Crippen LogP contribution in [0.4, 0.5) is 5.69 Å². The quantitative estimate of drug-likeness (QED) is 0.660. The first-order valence-corrected chi connectivity index (χ1v) is 6.03.